The lowest BCUT2D eigenvalue weighted by Crippen LogP contribution is -2.04. The van der Waals surface area contributed by atoms with Crippen LogP contribution >= 0.6 is 11.6 Å². The average molecular weight is 445 g/mol. The third-order valence-electron chi connectivity index (χ3n) is 4.97. The summed E-state index contributed by atoms with van der Waals surface area (Å²) in [5.41, 5.74) is 11.3. The van der Waals surface area contributed by atoms with E-state index in [1.165, 1.54) is 0 Å². The van der Waals surface area contributed by atoms with E-state index in [9.17, 15) is 0 Å². The highest BCUT2D eigenvalue weighted by Gasteiger charge is 2.19. The van der Waals surface area contributed by atoms with Gasteiger partial charge in [-0.05, 0) is 35.9 Å². The fourth-order valence-corrected chi connectivity index (χ4v) is 3.57. The normalized spacial score (nSPS) is 11.5. The van der Waals surface area contributed by atoms with Gasteiger partial charge in [0.25, 0.3) is 0 Å². The molecule has 0 aliphatic rings. The maximum absolute atomic E-state index is 7.16. The molecule has 0 fully saturated rings. The first-order chi connectivity index (χ1) is 16.2. The Morgan fingerprint density at radius 2 is 1.84 bits per heavy atom. The predicted molar refractivity (Wildman–Crippen MR) is 124 cm³/mol. The van der Waals surface area contributed by atoms with E-state index in [-0.39, 0.29) is 12.9 Å². The zero-order valence-electron chi connectivity index (χ0n) is 17.8. The first-order valence-electron chi connectivity index (χ1n) is 10.4. The molecule has 8 nitrogen and oxygen atoms in total. The number of hydrogen-bond acceptors (Lipinski definition) is 7. The van der Waals surface area contributed by atoms with Crippen molar-refractivity contribution in [2.45, 2.75) is 5.88 Å². The molecule has 2 N–H and O–H groups in total. The number of pyridine rings is 2. The van der Waals surface area contributed by atoms with Gasteiger partial charge in [-0.15, -0.1) is 11.6 Å². The van der Waals surface area contributed by atoms with E-state index in [0.29, 0.717) is 40.1 Å². The van der Waals surface area contributed by atoms with E-state index >= 15 is 0 Å². The van der Waals surface area contributed by atoms with Gasteiger partial charge in [0, 0.05) is 41.8 Å². The summed E-state index contributed by atoms with van der Waals surface area (Å²) in [5, 5.41) is 0. The Bertz CT molecular complexity index is 1420. The molecule has 0 unspecified atom stereocenters. The van der Waals surface area contributed by atoms with E-state index in [1.54, 1.807) is 24.7 Å². The van der Waals surface area contributed by atoms with Crippen LogP contribution in [0.4, 0.5) is 5.82 Å². The smallest absolute Gasteiger partial charge is 0.212 e. The number of rotatable bonds is 5. The maximum Gasteiger partial charge on any atom is 0.212 e. The second-order valence-electron chi connectivity index (χ2n) is 6.93. The first kappa shape index (κ1) is 18.7. The number of nitrogen functional groups attached to an aromatic ring is 1. The minimum atomic E-state index is -0.188. The van der Waals surface area contributed by atoms with E-state index in [2.05, 4.69) is 15.0 Å². The SMILES string of the molecule is [2H]COc1ccc(-c2ccc3nc(-c4nccnc4N)n(-c4ccc(CCl)cc4)c3n2)cn1. The van der Waals surface area contributed by atoms with Gasteiger partial charge < -0.3 is 10.5 Å². The Kier molecular flexibility index (Phi) is 4.82. The minimum absolute atomic E-state index is 0.188. The van der Waals surface area contributed by atoms with Crippen LogP contribution in [0.5, 0.6) is 5.88 Å². The van der Waals surface area contributed by atoms with Crippen LogP contribution < -0.4 is 10.5 Å². The minimum Gasteiger partial charge on any atom is -0.481 e. The van der Waals surface area contributed by atoms with E-state index < -0.39 is 0 Å². The number of aromatic nitrogens is 6. The van der Waals surface area contributed by atoms with Gasteiger partial charge in [0.2, 0.25) is 5.88 Å². The molecule has 0 saturated carbocycles. The summed E-state index contributed by atoms with van der Waals surface area (Å²) in [6.45, 7) is 0. The van der Waals surface area contributed by atoms with Crippen molar-refractivity contribution in [1.82, 2.24) is 29.5 Å². The molecule has 0 spiro atoms. The molecule has 158 valence electrons. The van der Waals surface area contributed by atoms with Crippen LogP contribution in [0.3, 0.4) is 0 Å². The second-order valence-corrected chi connectivity index (χ2v) is 7.20. The lowest BCUT2D eigenvalue weighted by molar-refractivity contribution is 0.398. The summed E-state index contributed by atoms with van der Waals surface area (Å²) in [6.07, 6.45) is 4.78. The Balaban J connectivity index is 1.71. The van der Waals surface area contributed by atoms with Crippen LogP contribution in [0, 0.1) is 0 Å². The van der Waals surface area contributed by atoms with Gasteiger partial charge in [-0.1, -0.05) is 12.1 Å². The fourth-order valence-electron chi connectivity index (χ4n) is 3.39. The van der Waals surface area contributed by atoms with Crippen molar-refractivity contribution in [3.05, 3.63) is 72.7 Å². The highest BCUT2D eigenvalue weighted by Crippen LogP contribution is 2.30. The van der Waals surface area contributed by atoms with Crippen LogP contribution in [0.2, 0.25) is 0 Å². The Morgan fingerprint density at radius 1 is 1.00 bits per heavy atom. The number of benzene rings is 1. The quantitative estimate of drug-likeness (QED) is 0.403. The highest BCUT2D eigenvalue weighted by molar-refractivity contribution is 6.17. The molecule has 0 aliphatic carbocycles. The van der Waals surface area contributed by atoms with E-state index in [0.717, 1.165) is 16.8 Å². The van der Waals surface area contributed by atoms with Crippen molar-refractivity contribution >= 4 is 28.6 Å². The Hall–Kier alpha value is -4.04. The van der Waals surface area contributed by atoms with Crippen LogP contribution in [-0.2, 0) is 5.88 Å². The molecule has 4 aromatic heterocycles. The van der Waals surface area contributed by atoms with Crippen molar-refractivity contribution < 1.29 is 6.11 Å². The molecule has 5 aromatic rings. The molecule has 5 rings (SSSR count). The number of imidazole rings is 1. The third kappa shape index (κ3) is 3.50. The lowest BCUT2D eigenvalue weighted by Gasteiger charge is -2.10. The zero-order chi connectivity index (χ0) is 22.8. The molecule has 32 heavy (non-hydrogen) atoms. The number of methoxy groups -OCH3 is 1. The number of nitrogens with zero attached hydrogens (tertiary/aromatic N) is 6. The van der Waals surface area contributed by atoms with Gasteiger partial charge in [-0.25, -0.2) is 24.9 Å². The zero-order valence-corrected chi connectivity index (χ0v) is 17.6. The summed E-state index contributed by atoms with van der Waals surface area (Å²) in [4.78, 5) is 22.5. The molecule has 0 aliphatic heterocycles. The standard InChI is InChI=1S/C23H18ClN7O/c1-32-19-9-4-15(13-28-19)17-7-8-18-22(29-17)31(16-5-2-14(12-24)3-6-16)23(30-18)20-21(25)27-11-10-26-20/h2-11,13H,12H2,1H3,(H2,25,27)/i1D. The number of ether oxygens (including phenoxy) is 1. The third-order valence-corrected chi connectivity index (χ3v) is 5.28. The van der Waals surface area contributed by atoms with Crippen LogP contribution in [0.15, 0.2) is 67.1 Å². The number of alkyl halides is 1. The number of fused-ring (bicyclic) bond motifs is 1. The predicted octanol–water partition coefficient (Wildman–Crippen LogP) is 4.27. The Labute approximate surface area is 190 Å². The molecule has 0 radical (unpaired) electrons. The molecule has 1 aromatic carbocycles. The summed E-state index contributed by atoms with van der Waals surface area (Å²) >= 11 is 5.98. The molecule has 0 saturated heterocycles. The second kappa shape index (κ2) is 8.24. The highest BCUT2D eigenvalue weighted by atomic mass is 35.5. The largest absolute Gasteiger partial charge is 0.481 e. The topological polar surface area (TPSA) is 105 Å². The summed E-state index contributed by atoms with van der Waals surface area (Å²) < 4.78 is 14.2. The average Bonchev–Trinajstić information content (AvgIpc) is 3.23. The van der Waals surface area contributed by atoms with Crippen molar-refractivity contribution in [3.8, 4) is 34.3 Å². The van der Waals surface area contributed by atoms with Gasteiger partial charge in [0.05, 0.1) is 14.2 Å². The van der Waals surface area contributed by atoms with Crippen LogP contribution in [-0.4, -0.2) is 36.6 Å². The lowest BCUT2D eigenvalue weighted by atomic mass is 10.2. The molecule has 0 bridgehead atoms. The van der Waals surface area contributed by atoms with Crippen molar-refractivity contribution in [3.63, 3.8) is 0 Å². The van der Waals surface area contributed by atoms with Gasteiger partial charge >= 0.3 is 0 Å². The van der Waals surface area contributed by atoms with E-state index in [4.69, 9.17) is 33.4 Å². The number of nitrogens with two attached hydrogens (primary N) is 1. The summed E-state index contributed by atoms with van der Waals surface area (Å²) in [5.74, 6) is 1.63. The molecular weight excluding hydrogens is 426 g/mol. The molecule has 0 amide bonds. The van der Waals surface area contributed by atoms with Crippen molar-refractivity contribution in [2.24, 2.45) is 0 Å². The number of halogens is 1. The monoisotopic (exact) mass is 444 g/mol. The molecule has 4 heterocycles. The molecule has 0 atom stereocenters. The van der Waals surface area contributed by atoms with Gasteiger partial charge in [0.1, 0.15) is 11.2 Å². The van der Waals surface area contributed by atoms with Gasteiger partial charge in [0.15, 0.2) is 17.3 Å². The van der Waals surface area contributed by atoms with Gasteiger partial charge in [-0.3, -0.25) is 4.57 Å². The number of anilines is 1. The molecule has 9 heteroatoms. The van der Waals surface area contributed by atoms with Crippen LogP contribution in [0.25, 0.3) is 39.6 Å². The van der Waals surface area contributed by atoms with Crippen LogP contribution in [0.1, 0.15) is 6.93 Å². The maximum atomic E-state index is 7.16. The number of hydrogen-bond donors (Lipinski definition) is 1. The summed E-state index contributed by atoms with van der Waals surface area (Å²) in [6, 6.07) is 15.2. The first-order valence-corrected chi connectivity index (χ1v) is 10.2. The molecular formula is C23H18ClN7O. The van der Waals surface area contributed by atoms with Crippen molar-refractivity contribution in [2.75, 3.05) is 12.8 Å². The fraction of sp³-hybridized carbons (Fsp3) is 0.0870. The summed E-state index contributed by atoms with van der Waals surface area (Å²) in [7, 11) is -0.188. The van der Waals surface area contributed by atoms with Gasteiger partial charge in [-0.2, -0.15) is 0 Å². The van der Waals surface area contributed by atoms with Crippen molar-refractivity contribution in [1.29, 1.82) is 0 Å². The Morgan fingerprint density at radius 3 is 2.56 bits per heavy atom. The van der Waals surface area contributed by atoms with E-state index in [1.807, 2.05) is 47.0 Å².